The number of likely N-dealkylation sites (tertiary alicyclic amines) is 1. The number of piperidine rings is 1. The van der Waals surface area contributed by atoms with Crippen LogP contribution in [-0.2, 0) is 11.3 Å². The molecule has 2 rings (SSSR count). The quantitative estimate of drug-likeness (QED) is 0.865. The second-order valence-corrected chi connectivity index (χ2v) is 5.66. The Morgan fingerprint density at radius 3 is 2.40 bits per heavy atom. The zero-order valence-corrected chi connectivity index (χ0v) is 12.0. The van der Waals surface area contributed by atoms with Gasteiger partial charge in [-0.15, -0.1) is 0 Å². The van der Waals surface area contributed by atoms with Gasteiger partial charge >= 0.3 is 5.97 Å². The van der Waals surface area contributed by atoms with Gasteiger partial charge in [-0.3, -0.25) is 9.69 Å². The molecule has 1 unspecified atom stereocenters. The summed E-state index contributed by atoms with van der Waals surface area (Å²) >= 11 is 0. The van der Waals surface area contributed by atoms with E-state index in [0.717, 1.165) is 19.6 Å². The summed E-state index contributed by atoms with van der Waals surface area (Å²) in [5.41, 5.74) is 0.205. The summed E-state index contributed by atoms with van der Waals surface area (Å²) in [5.74, 6) is -1.53. The molecule has 1 saturated heterocycles. The van der Waals surface area contributed by atoms with Crippen LogP contribution < -0.4 is 0 Å². The van der Waals surface area contributed by atoms with Gasteiger partial charge in [0.15, 0.2) is 0 Å². The van der Waals surface area contributed by atoms with Crippen LogP contribution in [0.5, 0.6) is 0 Å². The number of carbonyl (C=O) groups is 1. The van der Waals surface area contributed by atoms with Crippen molar-refractivity contribution in [2.45, 2.75) is 38.3 Å². The van der Waals surface area contributed by atoms with Crippen molar-refractivity contribution in [2.75, 3.05) is 13.1 Å². The SMILES string of the molecule is CCC(C(=O)O)C1(O)CCN(Cc2ccccc2)CC1. The molecule has 0 amide bonds. The van der Waals surface area contributed by atoms with Gasteiger partial charge in [0, 0.05) is 19.6 Å². The molecule has 1 aliphatic rings. The van der Waals surface area contributed by atoms with E-state index < -0.39 is 17.5 Å². The maximum atomic E-state index is 11.2. The van der Waals surface area contributed by atoms with Crippen molar-refractivity contribution in [1.82, 2.24) is 4.90 Å². The van der Waals surface area contributed by atoms with E-state index >= 15 is 0 Å². The fourth-order valence-corrected chi connectivity index (χ4v) is 3.07. The number of hydrogen-bond acceptors (Lipinski definition) is 3. The average molecular weight is 277 g/mol. The van der Waals surface area contributed by atoms with Gasteiger partial charge < -0.3 is 10.2 Å². The van der Waals surface area contributed by atoms with Crippen molar-refractivity contribution < 1.29 is 15.0 Å². The van der Waals surface area contributed by atoms with Gasteiger partial charge in [-0.2, -0.15) is 0 Å². The molecular formula is C16H23NO3. The van der Waals surface area contributed by atoms with Crippen LogP contribution in [0, 0.1) is 5.92 Å². The predicted octanol–water partition coefficient (Wildman–Crippen LogP) is 2.12. The molecule has 0 aliphatic carbocycles. The largest absolute Gasteiger partial charge is 0.481 e. The number of aliphatic carboxylic acids is 1. The second-order valence-electron chi connectivity index (χ2n) is 5.66. The van der Waals surface area contributed by atoms with E-state index in [1.54, 1.807) is 0 Å². The number of carboxylic acid groups (broad SMARTS) is 1. The van der Waals surface area contributed by atoms with E-state index in [4.69, 9.17) is 0 Å². The van der Waals surface area contributed by atoms with E-state index in [1.807, 2.05) is 25.1 Å². The monoisotopic (exact) mass is 277 g/mol. The minimum absolute atomic E-state index is 0.477. The predicted molar refractivity (Wildman–Crippen MR) is 77.3 cm³/mol. The lowest BCUT2D eigenvalue weighted by atomic mass is 9.78. The highest BCUT2D eigenvalue weighted by molar-refractivity contribution is 5.71. The summed E-state index contributed by atoms with van der Waals surface area (Å²) < 4.78 is 0. The van der Waals surface area contributed by atoms with Crippen molar-refractivity contribution in [1.29, 1.82) is 0 Å². The first-order chi connectivity index (χ1) is 9.55. The highest BCUT2D eigenvalue weighted by Crippen LogP contribution is 2.32. The van der Waals surface area contributed by atoms with Crippen molar-refractivity contribution in [3.05, 3.63) is 35.9 Å². The van der Waals surface area contributed by atoms with Gasteiger partial charge in [0.2, 0.25) is 0 Å². The second kappa shape index (κ2) is 6.37. The molecule has 1 aliphatic heterocycles. The van der Waals surface area contributed by atoms with E-state index in [2.05, 4.69) is 17.0 Å². The molecule has 1 fully saturated rings. The van der Waals surface area contributed by atoms with Crippen molar-refractivity contribution >= 4 is 5.97 Å². The third-order valence-electron chi connectivity index (χ3n) is 4.33. The highest BCUT2D eigenvalue weighted by Gasteiger charge is 2.42. The van der Waals surface area contributed by atoms with Crippen molar-refractivity contribution in [3.63, 3.8) is 0 Å². The Kier molecular flexibility index (Phi) is 4.78. The summed E-state index contributed by atoms with van der Waals surface area (Å²) in [6, 6.07) is 10.2. The molecule has 20 heavy (non-hydrogen) atoms. The minimum atomic E-state index is -1.05. The van der Waals surface area contributed by atoms with Crippen LogP contribution in [0.2, 0.25) is 0 Å². The van der Waals surface area contributed by atoms with Crippen LogP contribution in [0.15, 0.2) is 30.3 Å². The summed E-state index contributed by atoms with van der Waals surface area (Å²) in [6.45, 7) is 4.18. The van der Waals surface area contributed by atoms with Gasteiger partial charge in [0.05, 0.1) is 11.5 Å². The molecule has 0 radical (unpaired) electrons. The van der Waals surface area contributed by atoms with E-state index in [0.29, 0.717) is 19.3 Å². The number of nitrogens with zero attached hydrogens (tertiary/aromatic N) is 1. The first kappa shape index (κ1) is 15.0. The molecule has 2 N–H and O–H groups in total. The summed E-state index contributed by atoms with van der Waals surface area (Å²) in [5, 5.41) is 19.8. The fourth-order valence-electron chi connectivity index (χ4n) is 3.07. The Labute approximate surface area is 120 Å². The molecular weight excluding hydrogens is 254 g/mol. The molecule has 0 saturated carbocycles. The Morgan fingerprint density at radius 1 is 1.30 bits per heavy atom. The molecule has 0 bridgehead atoms. The van der Waals surface area contributed by atoms with Crippen LogP contribution in [0.25, 0.3) is 0 Å². The third-order valence-corrected chi connectivity index (χ3v) is 4.33. The van der Waals surface area contributed by atoms with E-state index in [9.17, 15) is 15.0 Å². The first-order valence-corrected chi connectivity index (χ1v) is 7.26. The Hall–Kier alpha value is -1.39. The van der Waals surface area contributed by atoms with Crippen LogP contribution in [0.1, 0.15) is 31.7 Å². The summed E-state index contributed by atoms with van der Waals surface area (Å²) in [7, 11) is 0. The van der Waals surface area contributed by atoms with Crippen molar-refractivity contribution in [3.8, 4) is 0 Å². The maximum absolute atomic E-state index is 11.2. The number of carboxylic acids is 1. The lowest BCUT2D eigenvalue weighted by Gasteiger charge is -2.41. The smallest absolute Gasteiger partial charge is 0.309 e. The lowest BCUT2D eigenvalue weighted by Crippen LogP contribution is -2.50. The molecule has 4 nitrogen and oxygen atoms in total. The van der Waals surface area contributed by atoms with Crippen LogP contribution >= 0.6 is 0 Å². The minimum Gasteiger partial charge on any atom is -0.481 e. The van der Waals surface area contributed by atoms with Gasteiger partial charge in [-0.25, -0.2) is 0 Å². The molecule has 0 aromatic heterocycles. The van der Waals surface area contributed by atoms with Crippen molar-refractivity contribution in [2.24, 2.45) is 5.92 Å². The Balaban J connectivity index is 1.93. The lowest BCUT2D eigenvalue weighted by molar-refractivity contribution is -0.156. The van der Waals surface area contributed by atoms with Gasteiger partial charge in [-0.05, 0) is 24.8 Å². The summed E-state index contributed by atoms with van der Waals surface area (Å²) in [6.07, 6.45) is 1.54. The van der Waals surface area contributed by atoms with Gasteiger partial charge in [0.1, 0.15) is 0 Å². The Bertz CT molecular complexity index is 438. The molecule has 1 aromatic rings. The van der Waals surface area contributed by atoms with Crippen LogP contribution in [-0.4, -0.2) is 39.8 Å². The topological polar surface area (TPSA) is 60.8 Å². The number of rotatable bonds is 5. The first-order valence-electron chi connectivity index (χ1n) is 7.26. The molecule has 1 heterocycles. The van der Waals surface area contributed by atoms with E-state index in [1.165, 1.54) is 5.56 Å². The highest BCUT2D eigenvalue weighted by atomic mass is 16.4. The van der Waals surface area contributed by atoms with Crippen LogP contribution in [0.4, 0.5) is 0 Å². The number of aliphatic hydroxyl groups is 1. The van der Waals surface area contributed by atoms with Gasteiger partial charge in [-0.1, -0.05) is 37.3 Å². The van der Waals surface area contributed by atoms with Gasteiger partial charge in [0.25, 0.3) is 0 Å². The summed E-state index contributed by atoms with van der Waals surface area (Å²) in [4.78, 5) is 13.5. The molecule has 4 heteroatoms. The fraction of sp³-hybridized carbons (Fsp3) is 0.562. The zero-order chi connectivity index (χ0) is 14.6. The zero-order valence-electron chi connectivity index (χ0n) is 12.0. The molecule has 1 atom stereocenters. The Morgan fingerprint density at radius 2 is 1.90 bits per heavy atom. The number of benzene rings is 1. The molecule has 110 valence electrons. The van der Waals surface area contributed by atoms with Crippen LogP contribution in [0.3, 0.4) is 0 Å². The number of hydrogen-bond donors (Lipinski definition) is 2. The van der Waals surface area contributed by atoms with E-state index in [-0.39, 0.29) is 0 Å². The normalized spacial score (nSPS) is 20.5. The maximum Gasteiger partial charge on any atom is 0.309 e. The standard InChI is InChI=1S/C16H23NO3/c1-2-14(15(18)19)16(20)8-10-17(11-9-16)12-13-6-4-3-5-7-13/h3-7,14,20H,2,8-12H2,1H3,(H,18,19). The molecule has 0 spiro atoms. The third kappa shape index (κ3) is 3.38. The molecule has 1 aromatic carbocycles. The average Bonchev–Trinajstić information content (AvgIpc) is 2.43.